The van der Waals surface area contributed by atoms with Crippen molar-refractivity contribution in [2.45, 2.75) is 19.9 Å². The number of likely N-dealkylation sites (N-methyl/N-ethyl adjacent to an activating group) is 1. The molecule has 1 aromatic carbocycles. The fourth-order valence-corrected chi connectivity index (χ4v) is 3.42. The number of rotatable bonds is 5. The second-order valence-corrected chi connectivity index (χ2v) is 7.17. The SMILES string of the molecule is Cc1ccc(NC(=S)NC[C@@H](c2cccs2)[NH+](C)C)cc1C. The van der Waals surface area contributed by atoms with Crippen molar-refractivity contribution in [3.05, 3.63) is 51.7 Å². The zero-order valence-electron chi connectivity index (χ0n) is 13.6. The van der Waals surface area contributed by atoms with Gasteiger partial charge in [0.15, 0.2) is 5.11 Å². The molecule has 0 unspecified atom stereocenters. The van der Waals surface area contributed by atoms with Crippen LogP contribution in [0.1, 0.15) is 22.0 Å². The van der Waals surface area contributed by atoms with Crippen LogP contribution in [0.25, 0.3) is 0 Å². The minimum absolute atomic E-state index is 0.402. The maximum Gasteiger partial charge on any atom is 0.171 e. The van der Waals surface area contributed by atoms with Crippen molar-refractivity contribution in [3.63, 3.8) is 0 Å². The summed E-state index contributed by atoms with van der Waals surface area (Å²) in [6.07, 6.45) is 0. The lowest BCUT2D eigenvalue weighted by Crippen LogP contribution is -3.06. The van der Waals surface area contributed by atoms with Gasteiger partial charge in [-0.15, -0.1) is 11.3 Å². The van der Waals surface area contributed by atoms with Gasteiger partial charge < -0.3 is 15.5 Å². The molecule has 0 saturated carbocycles. The molecule has 1 atom stereocenters. The van der Waals surface area contributed by atoms with Crippen molar-refractivity contribution in [2.75, 3.05) is 26.0 Å². The number of hydrogen-bond donors (Lipinski definition) is 3. The topological polar surface area (TPSA) is 28.5 Å². The fraction of sp³-hybridized carbons (Fsp3) is 0.353. The average Bonchev–Trinajstić information content (AvgIpc) is 2.97. The number of quaternary nitrogens is 1. The molecule has 0 saturated heterocycles. The Hall–Kier alpha value is -1.43. The predicted octanol–water partition coefficient (Wildman–Crippen LogP) is 2.54. The van der Waals surface area contributed by atoms with Crippen LogP contribution in [0.2, 0.25) is 0 Å². The zero-order valence-corrected chi connectivity index (χ0v) is 15.2. The second kappa shape index (κ2) is 7.72. The average molecular weight is 335 g/mol. The van der Waals surface area contributed by atoms with E-state index < -0.39 is 0 Å². The number of hydrogen-bond acceptors (Lipinski definition) is 2. The molecule has 1 heterocycles. The van der Waals surface area contributed by atoms with Gasteiger partial charge >= 0.3 is 0 Å². The van der Waals surface area contributed by atoms with Gasteiger partial charge in [-0.1, -0.05) is 12.1 Å². The van der Waals surface area contributed by atoms with E-state index in [9.17, 15) is 0 Å². The first-order valence-electron chi connectivity index (χ1n) is 7.43. The molecule has 0 aliphatic carbocycles. The molecule has 0 amide bonds. The Morgan fingerprint density at radius 2 is 2.00 bits per heavy atom. The zero-order chi connectivity index (χ0) is 16.1. The van der Waals surface area contributed by atoms with Crippen LogP contribution >= 0.6 is 23.6 Å². The van der Waals surface area contributed by atoms with Crippen LogP contribution in [-0.2, 0) is 0 Å². The Bertz CT molecular complexity index is 621. The van der Waals surface area contributed by atoms with Crippen LogP contribution < -0.4 is 15.5 Å². The predicted molar refractivity (Wildman–Crippen MR) is 100 cm³/mol. The van der Waals surface area contributed by atoms with Gasteiger partial charge in [-0.2, -0.15) is 0 Å². The van der Waals surface area contributed by atoms with Crippen molar-refractivity contribution < 1.29 is 4.90 Å². The third-order valence-corrected chi connectivity index (χ3v) is 5.05. The van der Waals surface area contributed by atoms with Crippen molar-refractivity contribution in [1.82, 2.24) is 5.32 Å². The summed E-state index contributed by atoms with van der Waals surface area (Å²) in [5, 5.41) is 9.40. The van der Waals surface area contributed by atoms with Gasteiger partial charge in [0, 0.05) is 5.69 Å². The third-order valence-electron chi connectivity index (χ3n) is 3.82. The molecule has 0 aliphatic heterocycles. The molecule has 0 aliphatic rings. The summed E-state index contributed by atoms with van der Waals surface area (Å²) in [7, 11) is 4.34. The van der Waals surface area contributed by atoms with Crippen molar-refractivity contribution in [1.29, 1.82) is 0 Å². The quantitative estimate of drug-likeness (QED) is 0.734. The molecule has 5 heteroatoms. The van der Waals surface area contributed by atoms with Gasteiger partial charge in [0.2, 0.25) is 0 Å². The molecule has 2 rings (SSSR count). The lowest BCUT2D eigenvalue weighted by Gasteiger charge is -2.21. The highest BCUT2D eigenvalue weighted by Gasteiger charge is 2.18. The van der Waals surface area contributed by atoms with Crippen LogP contribution in [0, 0.1) is 13.8 Å². The van der Waals surface area contributed by atoms with E-state index in [-0.39, 0.29) is 0 Å². The van der Waals surface area contributed by atoms with Gasteiger partial charge in [0.1, 0.15) is 6.04 Å². The number of benzene rings is 1. The summed E-state index contributed by atoms with van der Waals surface area (Å²) in [5.41, 5.74) is 3.59. The van der Waals surface area contributed by atoms with E-state index in [2.05, 4.69) is 74.3 Å². The number of thiocarbonyl (C=S) groups is 1. The molecule has 1 aromatic heterocycles. The van der Waals surface area contributed by atoms with Crippen LogP contribution in [0.5, 0.6) is 0 Å². The molecule has 22 heavy (non-hydrogen) atoms. The Kier molecular flexibility index (Phi) is 5.94. The van der Waals surface area contributed by atoms with Crippen molar-refractivity contribution in [3.8, 4) is 0 Å². The second-order valence-electron chi connectivity index (χ2n) is 5.78. The first-order valence-corrected chi connectivity index (χ1v) is 8.71. The number of nitrogens with one attached hydrogen (secondary N) is 3. The maximum atomic E-state index is 5.42. The molecule has 0 radical (unpaired) electrons. The summed E-state index contributed by atoms with van der Waals surface area (Å²) < 4.78 is 0. The van der Waals surface area contributed by atoms with Gasteiger partial charge in [0.25, 0.3) is 0 Å². The number of anilines is 1. The molecule has 3 N–H and O–H groups in total. The van der Waals surface area contributed by atoms with E-state index in [4.69, 9.17) is 12.2 Å². The lowest BCUT2D eigenvalue weighted by molar-refractivity contribution is -0.890. The highest BCUT2D eigenvalue weighted by Crippen LogP contribution is 2.16. The highest BCUT2D eigenvalue weighted by atomic mass is 32.1. The molecule has 2 aromatic rings. The molecule has 0 spiro atoms. The first kappa shape index (κ1) is 16.9. The standard InChI is InChI=1S/C17H23N3S2/c1-12-7-8-14(10-13(12)2)19-17(21)18-11-15(20(3)4)16-6-5-9-22-16/h5-10,15H,11H2,1-4H3,(H2,18,19,21)/p+1/t15-/m0/s1. The number of aryl methyl sites for hydroxylation is 2. The molecule has 0 fully saturated rings. The molecular formula is C17H24N3S2+. The van der Waals surface area contributed by atoms with Gasteiger partial charge in [-0.05, 0) is 60.8 Å². The Morgan fingerprint density at radius 1 is 1.23 bits per heavy atom. The highest BCUT2D eigenvalue weighted by molar-refractivity contribution is 7.80. The molecular weight excluding hydrogens is 310 g/mol. The van der Waals surface area contributed by atoms with Gasteiger partial charge in [0.05, 0.1) is 25.5 Å². The van der Waals surface area contributed by atoms with Crippen LogP contribution in [0.3, 0.4) is 0 Å². The lowest BCUT2D eigenvalue weighted by atomic mass is 10.1. The van der Waals surface area contributed by atoms with Crippen molar-refractivity contribution in [2.24, 2.45) is 0 Å². The Balaban J connectivity index is 1.92. The van der Waals surface area contributed by atoms with E-state index in [0.717, 1.165) is 12.2 Å². The fourth-order valence-electron chi connectivity index (χ4n) is 2.27. The largest absolute Gasteiger partial charge is 0.356 e. The van der Waals surface area contributed by atoms with E-state index in [1.54, 1.807) is 11.3 Å². The monoisotopic (exact) mass is 334 g/mol. The molecule has 118 valence electrons. The van der Waals surface area contributed by atoms with E-state index >= 15 is 0 Å². The van der Waals surface area contributed by atoms with Crippen LogP contribution in [-0.4, -0.2) is 25.8 Å². The first-order chi connectivity index (χ1) is 10.5. The summed E-state index contributed by atoms with van der Waals surface area (Å²) in [6, 6.07) is 11.0. The minimum atomic E-state index is 0.402. The summed E-state index contributed by atoms with van der Waals surface area (Å²) >= 11 is 7.21. The Labute approximate surface area is 142 Å². The summed E-state index contributed by atoms with van der Waals surface area (Å²) in [5.74, 6) is 0. The Morgan fingerprint density at radius 3 is 2.59 bits per heavy atom. The molecule has 0 bridgehead atoms. The van der Waals surface area contributed by atoms with E-state index in [1.165, 1.54) is 20.9 Å². The summed E-state index contributed by atoms with van der Waals surface area (Å²) in [4.78, 5) is 2.77. The van der Waals surface area contributed by atoms with E-state index in [1.807, 2.05) is 0 Å². The minimum Gasteiger partial charge on any atom is -0.356 e. The normalized spacial score (nSPS) is 12.2. The number of thiophene rings is 1. The van der Waals surface area contributed by atoms with Gasteiger partial charge in [-0.25, -0.2) is 0 Å². The molecule has 3 nitrogen and oxygen atoms in total. The maximum absolute atomic E-state index is 5.42. The van der Waals surface area contributed by atoms with Gasteiger partial charge in [-0.3, -0.25) is 0 Å². The third kappa shape index (κ3) is 4.53. The smallest absolute Gasteiger partial charge is 0.171 e. The summed E-state index contributed by atoms with van der Waals surface area (Å²) in [6.45, 7) is 5.04. The van der Waals surface area contributed by atoms with E-state index in [0.29, 0.717) is 11.2 Å². The van der Waals surface area contributed by atoms with Crippen LogP contribution in [0.4, 0.5) is 5.69 Å². The van der Waals surface area contributed by atoms with Crippen LogP contribution in [0.15, 0.2) is 35.7 Å². The van der Waals surface area contributed by atoms with Crippen molar-refractivity contribution >= 4 is 34.4 Å².